The molecule has 2 aromatic rings. The Kier molecular flexibility index (Phi) is 6.18. The van der Waals surface area contributed by atoms with Crippen molar-refractivity contribution in [2.45, 2.75) is 6.04 Å². The fourth-order valence-corrected chi connectivity index (χ4v) is 2.04. The van der Waals surface area contributed by atoms with Crippen LogP contribution in [0.1, 0.15) is 20.7 Å². The summed E-state index contributed by atoms with van der Waals surface area (Å²) in [5.74, 6) is -3.31. The molecule has 0 aromatic heterocycles. The third kappa shape index (κ3) is 4.52. The Morgan fingerprint density at radius 1 is 0.923 bits per heavy atom. The number of para-hydroxylation sites is 1. The van der Waals surface area contributed by atoms with Crippen LogP contribution in [0.5, 0.6) is 5.75 Å². The highest BCUT2D eigenvalue weighted by atomic mass is 16.6. The van der Waals surface area contributed by atoms with E-state index in [0.29, 0.717) is 0 Å². The molecule has 2 rings (SSSR count). The van der Waals surface area contributed by atoms with Gasteiger partial charge in [-0.2, -0.15) is 0 Å². The summed E-state index contributed by atoms with van der Waals surface area (Å²) in [6, 6.07) is 11.9. The fourth-order valence-electron chi connectivity index (χ4n) is 2.04. The lowest BCUT2D eigenvalue weighted by Gasteiger charge is -2.13. The van der Waals surface area contributed by atoms with E-state index in [1.165, 1.54) is 36.4 Å². The predicted molar refractivity (Wildman–Crippen MR) is 89.2 cm³/mol. The summed E-state index contributed by atoms with van der Waals surface area (Å²) in [7, 11) is 0. The topological polar surface area (TPSA) is 130 Å². The normalized spacial score (nSPS) is 11.3. The maximum Gasteiger partial charge on any atom is 0.413 e. The van der Waals surface area contributed by atoms with Crippen molar-refractivity contribution in [3.63, 3.8) is 0 Å². The number of rotatable bonds is 7. The molecule has 3 N–H and O–H groups in total. The third-order valence-electron chi connectivity index (χ3n) is 3.35. The second-order valence-electron chi connectivity index (χ2n) is 5.13. The fraction of sp³-hybridized carbons (Fsp3) is 0.111. The van der Waals surface area contributed by atoms with Crippen LogP contribution in [0, 0.1) is 0 Å². The number of carbonyl (C=O) groups excluding carboxylic acids is 3. The average molecular weight is 357 g/mol. The lowest BCUT2D eigenvalue weighted by atomic mass is 10.0. The Hall–Kier alpha value is -3.52. The molecule has 1 amide bonds. The minimum Gasteiger partial charge on any atom is -0.480 e. The van der Waals surface area contributed by atoms with Gasteiger partial charge in [-0.25, -0.2) is 9.59 Å². The number of amides is 1. The minimum atomic E-state index is -1.56. The second-order valence-corrected chi connectivity index (χ2v) is 5.13. The molecule has 0 aliphatic heterocycles. The Morgan fingerprint density at radius 2 is 1.54 bits per heavy atom. The number of carbonyl (C=O) groups is 4. The number of hydrogen-bond donors (Lipinski definition) is 3. The first-order valence-corrected chi connectivity index (χ1v) is 7.49. The summed E-state index contributed by atoms with van der Waals surface area (Å²) >= 11 is 0. The molecule has 8 heteroatoms. The van der Waals surface area contributed by atoms with E-state index in [0.717, 1.165) is 0 Å². The lowest BCUT2D eigenvalue weighted by molar-refractivity contribution is -0.140. The predicted octanol–water partition coefficient (Wildman–Crippen LogP) is 1.29. The van der Waals surface area contributed by atoms with Crippen LogP contribution in [-0.4, -0.2) is 46.5 Å². The SMILES string of the molecule is O=C(N[C@H](CO)C(=O)O)Oc1ccccc1C(=O)C(=O)c1ccccc1. The smallest absolute Gasteiger partial charge is 0.413 e. The highest BCUT2D eigenvalue weighted by molar-refractivity contribution is 6.49. The van der Waals surface area contributed by atoms with Crippen LogP contribution < -0.4 is 10.1 Å². The first-order valence-electron chi connectivity index (χ1n) is 7.49. The molecule has 0 aliphatic carbocycles. The van der Waals surface area contributed by atoms with E-state index in [1.807, 2.05) is 5.32 Å². The molecule has 134 valence electrons. The van der Waals surface area contributed by atoms with Crippen molar-refractivity contribution in [2.75, 3.05) is 6.61 Å². The van der Waals surface area contributed by atoms with Crippen molar-refractivity contribution < 1.29 is 34.1 Å². The van der Waals surface area contributed by atoms with Gasteiger partial charge in [0.05, 0.1) is 12.2 Å². The largest absolute Gasteiger partial charge is 0.480 e. The molecule has 0 spiro atoms. The van der Waals surface area contributed by atoms with Crippen LogP contribution >= 0.6 is 0 Å². The van der Waals surface area contributed by atoms with Crippen molar-refractivity contribution in [3.05, 3.63) is 65.7 Å². The summed E-state index contributed by atoms with van der Waals surface area (Å²) in [5.41, 5.74) is 0.0374. The van der Waals surface area contributed by atoms with E-state index in [4.69, 9.17) is 14.9 Å². The molecule has 0 saturated carbocycles. The Morgan fingerprint density at radius 3 is 2.15 bits per heavy atom. The van der Waals surface area contributed by atoms with Gasteiger partial charge >= 0.3 is 12.1 Å². The van der Waals surface area contributed by atoms with Gasteiger partial charge in [-0.15, -0.1) is 0 Å². The van der Waals surface area contributed by atoms with Gasteiger partial charge < -0.3 is 20.3 Å². The number of carboxylic acid groups (broad SMARTS) is 1. The van der Waals surface area contributed by atoms with Crippen LogP contribution in [0.2, 0.25) is 0 Å². The van der Waals surface area contributed by atoms with Crippen molar-refractivity contribution in [3.8, 4) is 5.75 Å². The van der Waals surface area contributed by atoms with Gasteiger partial charge in [0.2, 0.25) is 11.6 Å². The first kappa shape index (κ1) is 18.8. The molecule has 0 heterocycles. The number of carboxylic acids is 1. The zero-order valence-electron chi connectivity index (χ0n) is 13.4. The molecular formula is C18H15NO7. The van der Waals surface area contributed by atoms with E-state index < -0.39 is 36.3 Å². The minimum absolute atomic E-state index is 0.146. The maximum atomic E-state index is 12.4. The van der Waals surface area contributed by atoms with E-state index in [1.54, 1.807) is 18.2 Å². The molecule has 0 radical (unpaired) electrons. The van der Waals surface area contributed by atoms with Crippen LogP contribution in [0.25, 0.3) is 0 Å². The van der Waals surface area contributed by atoms with Crippen LogP contribution in [-0.2, 0) is 4.79 Å². The molecule has 2 aromatic carbocycles. The van der Waals surface area contributed by atoms with Crippen molar-refractivity contribution in [1.82, 2.24) is 5.32 Å². The third-order valence-corrected chi connectivity index (χ3v) is 3.35. The van der Waals surface area contributed by atoms with E-state index in [9.17, 15) is 19.2 Å². The van der Waals surface area contributed by atoms with Crippen molar-refractivity contribution >= 4 is 23.6 Å². The first-order chi connectivity index (χ1) is 12.4. The van der Waals surface area contributed by atoms with Gasteiger partial charge in [-0.05, 0) is 12.1 Å². The molecule has 0 fully saturated rings. The number of aliphatic hydroxyl groups is 1. The Bertz CT molecular complexity index is 832. The lowest BCUT2D eigenvalue weighted by Crippen LogP contribution is -2.44. The monoisotopic (exact) mass is 357 g/mol. The number of ether oxygens (including phenoxy) is 1. The highest BCUT2D eigenvalue weighted by Crippen LogP contribution is 2.20. The Balaban J connectivity index is 2.19. The van der Waals surface area contributed by atoms with Gasteiger partial charge in [0.1, 0.15) is 5.75 Å². The van der Waals surface area contributed by atoms with Crippen LogP contribution in [0.4, 0.5) is 4.79 Å². The molecular weight excluding hydrogens is 342 g/mol. The maximum absolute atomic E-state index is 12.4. The number of ketones is 2. The summed E-state index contributed by atoms with van der Waals surface area (Å²) < 4.78 is 4.94. The van der Waals surface area contributed by atoms with E-state index >= 15 is 0 Å². The van der Waals surface area contributed by atoms with Crippen molar-refractivity contribution in [2.24, 2.45) is 0 Å². The number of benzene rings is 2. The summed E-state index contributed by atoms with van der Waals surface area (Å²) in [4.78, 5) is 47.3. The number of nitrogens with one attached hydrogen (secondary N) is 1. The molecule has 8 nitrogen and oxygen atoms in total. The number of Topliss-reactive ketones (excluding diaryl/α,β-unsaturated/α-hetero) is 2. The molecule has 0 saturated heterocycles. The summed E-state index contributed by atoms with van der Waals surface area (Å²) in [6.45, 7) is -0.836. The van der Waals surface area contributed by atoms with E-state index in [-0.39, 0.29) is 16.9 Å². The van der Waals surface area contributed by atoms with Gasteiger partial charge in [0.25, 0.3) is 0 Å². The van der Waals surface area contributed by atoms with Gasteiger partial charge in [0.15, 0.2) is 6.04 Å². The summed E-state index contributed by atoms with van der Waals surface area (Å²) in [6.07, 6.45) is -1.18. The number of aliphatic carboxylic acids is 1. The highest BCUT2D eigenvalue weighted by Gasteiger charge is 2.24. The second kappa shape index (κ2) is 8.54. The number of hydrogen-bond acceptors (Lipinski definition) is 6. The quantitative estimate of drug-likeness (QED) is 0.503. The molecule has 26 heavy (non-hydrogen) atoms. The number of aliphatic hydroxyl groups excluding tert-OH is 1. The molecule has 0 aliphatic rings. The summed E-state index contributed by atoms with van der Waals surface area (Å²) in [5, 5.41) is 19.6. The van der Waals surface area contributed by atoms with Gasteiger partial charge in [-0.1, -0.05) is 42.5 Å². The van der Waals surface area contributed by atoms with Crippen LogP contribution in [0.15, 0.2) is 54.6 Å². The van der Waals surface area contributed by atoms with E-state index in [2.05, 4.69) is 0 Å². The van der Waals surface area contributed by atoms with Gasteiger partial charge in [-0.3, -0.25) is 9.59 Å². The Labute approximate surface area is 148 Å². The molecule has 0 unspecified atom stereocenters. The van der Waals surface area contributed by atoms with Gasteiger partial charge in [0, 0.05) is 5.56 Å². The zero-order chi connectivity index (χ0) is 19.1. The standard InChI is InChI=1S/C18H15NO7/c20-10-13(17(23)24)19-18(25)26-14-9-5-4-8-12(14)16(22)15(21)11-6-2-1-3-7-11/h1-9,13,20H,10H2,(H,19,25)(H,23,24)/t13-/m1/s1. The molecule has 0 bridgehead atoms. The van der Waals surface area contributed by atoms with Crippen LogP contribution in [0.3, 0.4) is 0 Å². The average Bonchev–Trinajstić information content (AvgIpc) is 2.65. The molecule has 1 atom stereocenters. The van der Waals surface area contributed by atoms with Crippen molar-refractivity contribution in [1.29, 1.82) is 0 Å². The zero-order valence-corrected chi connectivity index (χ0v) is 13.4.